The summed E-state index contributed by atoms with van der Waals surface area (Å²) >= 11 is -2.86. The zero-order valence-electron chi connectivity index (χ0n) is 6.79. The molecule has 0 radical (unpaired) electrons. The smallest absolute Gasteiger partial charge is 0.750 e. The van der Waals surface area contributed by atoms with Crippen LogP contribution in [0.1, 0.15) is 33.1 Å². The van der Waals surface area contributed by atoms with Gasteiger partial charge in [0, 0.05) is 0 Å². The Morgan fingerprint density at radius 3 is 1.60 bits per heavy atom. The molecule has 3 nitrogen and oxygen atoms in total. The normalized spacial score (nSPS) is 10.4. The number of unbranched alkanes of at least 4 members (excludes halogenated alkanes) is 2. The number of rotatable bonds is 2. The van der Waals surface area contributed by atoms with E-state index in [9.17, 15) is 0 Å². The molecular formula is C5H13LiO3S. The summed E-state index contributed by atoms with van der Waals surface area (Å²) < 4.78 is 24.1. The largest absolute Gasteiger partial charge is 1.00 e. The van der Waals surface area contributed by atoms with Gasteiger partial charge in [0.25, 0.3) is 0 Å². The second-order valence-electron chi connectivity index (χ2n) is 1.57. The van der Waals surface area contributed by atoms with Crippen LogP contribution in [0.25, 0.3) is 0 Å². The monoisotopic (exact) mass is 160 g/mol. The first-order valence-electron chi connectivity index (χ1n) is 2.93. The van der Waals surface area contributed by atoms with Gasteiger partial charge in [0.05, 0.1) is 11.4 Å². The Bertz CT molecular complexity index is 63.9. The van der Waals surface area contributed by atoms with Crippen LogP contribution >= 0.6 is 0 Å². The Hall–Kier alpha value is 0.667. The van der Waals surface area contributed by atoms with Crippen LogP contribution in [0, 0.1) is 0 Å². The van der Waals surface area contributed by atoms with Gasteiger partial charge < -0.3 is 9.11 Å². The van der Waals surface area contributed by atoms with E-state index in [4.69, 9.17) is 13.3 Å². The van der Waals surface area contributed by atoms with Crippen molar-refractivity contribution in [2.75, 3.05) is 0 Å². The van der Waals surface area contributed by atoms with Crippen molar-refractivity contribution in [2.24, 2.45) is 0 Å². The molecule has 0 aromatic carbocycles. The van der Waals surface area contributed by atoms with E-state index in [1.54, 1.807) is 0 Å². The fourth-order valence-electron chi connectivity index (χ4n) is 0.354. The van der Waals surface area contributed by atoms with Crippen LogP contribution in [0.5, 0.6) is 0 Å². The minimum absolute atomic E-state index is 0. The van der Waals surface area contributed by atoms with Crippen molar-refractivity contribution in [3.8, 4) is 0 Å². The molecule has 0 bridgehead atoms. The molecule has 58 valence electrons. The molecule has 0 spiro atoms. The number of hydrogen-bond acceptors (Lipinski definition) is 2. The van der Waals surface area contributed by atoms with Gasteiger partial charge in [-0.3, -0.25) is 0 Å². The van der Waals surface area contributed by atoms with E-state index in [1.807, 2.05) is 0 Å². The molecule has 0 heterocycles. The van der Waals surface area contributed by atoms with Gasteiger partial charge in [-0.2, -0.15) is 0 Å². The average molecular weight is 160 g/mol. The molecule has 0 amide bonds. The molecule has 1 atom stereocenters. The molecule has 0 rings (SSSR count). The van der Waals surface area contributed by atoms with Crippen molar-refractivity contribution in [3.05, 3.63) is 0 Å². The van der Waals surface area contributed by atoms with Crippen molar-refractivity contribution < 1.29 is 32.2 Å². The number of hydrogen-bond donors (Lipinski definition) is 1. The maximum Gasteiger partial charge on any atom is 1.00 e. The first-order valence-corrected chi connectivity index (χ1v) is 3.96. The Morgan fingerprint density at radius 1 is 1.40 bits per heavy atom. The first kappa shape index (κ1) is 17.0. The summed E-state index contributed by atoms with van der Waals surface area (Å²) in [4.78, 5) is 0. The summed E-state index contributed by atoms with van der Waals surface area (Å²) in [5.41, 5.74) is 0. The Labute approximate surface area is 76.9 Å². The standard InChI is InChI=1S/C5H12.Li.H2O3S/c1-3-5-4-2;;1-4(2)3/h3-5H2,1-2H3;;(H2,1,2,3)/q;+1;/p-1. The Morgan fingerprint density at radius 2 is 1.60 bits per heavy atom. The van der Waals surface area contributed by atoms with Crippen LogP contribution in [0.4, 0.5) is 0 Å². The summed E-state index contributed by atoms with van der Waals surface area (Å²) in [5.74, 6) is 0. The van der Waals surface area contributed by atoms with Gasteiger partial charge in [-0.15, -0.1) is 0 Å². The maximum absolute atomic E-state index is 8.56. The third kappa shape index (κ3) is 71.6. The molecule has 0 saturated carbocycles. The summed E-state index contributed by atoms with van der Waals surface area (Å²) in [6, 6.07) is 0. The van der Waals surface area contributed by atoms with Crippen molar-refractivity contribution in [1.29, 1.82) is 0 Å². The minimum atomic E-state index is -2.86. The molecule has 0 saturated heterocycles. The van der Waals surface area contributed by atoms with E-state index >= 15 is 0 Å². The molecule has 1 N–H and O–H groups in total. The second kappa shape index (κ2) is 16.3. The predicted octanol–water partition coefficient (Wildman–Crippen LogP) is -1.46. The van der Waals surface area contributed by atoms with Crippen LogP contribution < -0.4 is 18.9 Å². The van der Waals surface area contributed by atoms with Crippen molar-refractivity contribution in [3.63, 3.8) is 0 Å². The summed E-state index contributed by atoms with van der Waals surface area (Å²) in [6.45, 7) is 4.42. The zero-order valence-corrected chi connectivity index (χ0v) is 7.61. The van der Waals surface area contributed by atoms with Crippen LogP contribution in [0.2, 0.25) is 0 Å². The van der Waals surface area contributed by atoms with E-state index in [0.29, 0.717) is 0 Å². The Kier molecular flexibility index (Phi) is 27.7. The SMILES string of the molecule is CCCCC.O=S([O-])O.[Li+]. The van der Waals surface area contributed by atoms with Crippen LogP contribution in [-0.4, -0.2) is 13.3 Å². The molecular weight excluding hydrogens is 147 g/mol. The van der Waals surface area contributed by atoms with E-state index < -0.39 is 11.4 Å². The molecule has 0 aromatic heterocycles. The van der Waals surface area contributed by atoms with E-state index in [-0.39, 0.29) is 18.9 Å². The van der Waals surface area contributed by atoms with Crippen LogP contribution in [0.3, 0.4) is 0 Å². The quantitative estimate of drug-likeness (QED) is 0.396. The van der Waals surface area contributed by atoms with Gasteiger partial charge in [0.15, 0.2) is 0 Å². The van der Waals surface area contributed by atoms with Gasteiger partial charge in [-0.1, -0.05) is 33.1 Å². The van der Waals surface area contributed by atoms with Gasteiger partial charge in [-0.25, -0.2) is 4.21 Å². The van der Waals surface area contributed by atoms with Gasteiger partial charge in [0.1, 0.15) is 0 Å². The topological polar surface area (TPSA) is 60.4 Å². The minimum Gasteiger partial charge on any atom is -0.750 e. The fourth-order valence-corrected chi connectivity index (χ4v) is 0.354. The van der Waals surface area contributed by atoms with Gasteiger partial charge in [0.2, 0.25) is 0 Å². The molecule has 5 heteroatoms. The van der Waals surface area contributed by atoms with Crippen LogP contribution in [0.15, 0.2) is 0 Å². The van der Waals surface area contributed by atoms with Crippen molar-refractivity contribution >= 4 is 11.4 Å². The molecule has 0 fully saturated rings. The van der Waals surface area contributed by atoms with E-state index in [0.717, 1.165) is 0 Å². The predicted molar refractivity (Wildman–Crippen MR) is 36.7 cm³/mol. The van der Waals surface area contributed by atoms with Gasteiger partial charge in [-0.05, 0) is 0 Å². The molecule has 0 aliphatic carbocycles. The maximum atomic E-state index is 8.56. The van der Waals surface area contributed by atoms with Gasteiger partial charge >= 0.3 is 18.9 Å². The molecule has 10 heavy (non-hydrogen) atoms. The third-order valence-corrected chi connectivity index (χ3v) is 0.707. The van der Waals surface area contributed by atoms with Crippen molar-refractivity contribution in [1.82, 2.24) is 0 Å². The first-order chi connectivity index (χ1) is 4.15. The third-order valence-electron chi connectivity index (χ3n) is 0.707. The molecule has 0 aliphatic rings. The molecule has 0 aliphatic heterocycles. The second-order valence-corrected chi connectivity index (χ2v) is 2.00. The Balaban J connectivity index is -0.0000000910. The molecule has 1 unspecified atom stereocenters. The zero-order chi connectivity index (χ0) is 7.70. The summed E-state index contributed by atoms with van der Waals surface area (Å²) in [6.07, 6.45) is 4.08. The summed E-state index contributed by atoms with van der Waals surface area (Å²) in [5, 5.41) is 0. The summed E-state index contributed by atoms with van der Waals surface area (Å²) in [7, 11) is 0. The molecule has 0 aromatic rings. The van der Waals surface area contributed by atoms with E-state index in [1.165, 1.54) is 19.3 Å². The van der Waals surface area contributed by atoms with E-state index in [2.05, 4.69) is 13.8 Å². The van der Waals surface area contributed by atoms with Crippen molar-refractivity contribution in [2.45, 2.75) is 33.1 Å². The fraction of sp³-hybridized carbons (Fsp3) is 1.00. The van der Waals surface area contributed by atoms with Crippen LogP contribution in [-0.2, 0) is 11.4 Å². The average Bonchev–Trinajstić information content (AvgIpc) is 1.66.